The summed E-state index contributed by atoms with van der Waals surface area (Å²) in [6.07, 6.45) is 0.684. The van der Waals surface area contributed by atoms with Gasteiger partial charge in [-0.1, -0.05) is 6.07 Å². The topological polar surface area (TPSA) is 111 Å². The second-order valence-electron chi connectivity index (χ2n) is 5.67. The van der Waals surface area contributed by atoms with Crippen molar-refractivity contribution in [3.63, 3.8) is 0 Å². The monoisotopic (exact) mass is 387 g/mol. The number of aryl methyl sites for hydroxylation is 1. The fraction of sp³-hybridized carbons (Fsp3) is 0.278. The Kier molecular flexibility index (Phi) is 5.31. The Labute approximate surface area is 158 Å². The van der Waals surface area contributed by atoms with E-state index in [-0.39, 0.29) is 18.1 Å². The number of hydrogen-bond acceptors (Lipinski definition) is 8. The van der Waals surface area contributed by atoms with E-state index in [0.717, 1.165) is 11.3 Å². The van der Waals surface area contributed by atoms with E-state index in [0.29, 0.717) is 20.7 Å². The van der Waals surface area contributed by atoms with Crippen LogP contribution in [-0.4, -0.2) is 33.5 Å². The Morgan fingerprint density at radius 1 is 1.30 bits per heavy atom. The molecule has 0 aliphatic rings. The fourth-order valence-corrected chi connectivity index (χ4v) is 3.59. The van der Waals surface area contributed by atoms with Crippen LogP contribution in [0.3, 0.4) is 0 Å². The minimum atomic E-state index is -0.801. The number of aromatic nitrogens is 3. The molecule has 27 heavy (non-hydrogen) atoms. The highest BCUT2D eigenvalue weighted by atomic mass is 32.1. The van der Waals surface area contributed by atoms with Gasteiger partial charge in [0.2, 0.25) is 0 Å². The molecule has 0 unspecified atom stereocenters. The van der Waals surface area contributed by atoms with Gasteiger partial charge in [0.15, 0.2) is 11.9 Å². The number of pyridine rings is 1. The second-order valence-corrected chi connectivity index (χ2v) is 6.67. The number of nitrogens with one attached hydrogen (secondary N) is 1. The molecule has 0 amide bonds. The summed E-state index contributed by atoms with van der Waals surface area (Å²) >= 11 is 1.07. The third-order valence-corrected chi connectivity index (χ3v) is 4.99. The number of nitrogens with zero attached hydrogens (tertiary/aromatic N) is 2. The number of thiophene rings is 1. The van der Waals surface area contributed by atoms with Crippen LogP contribution in [0.5, 0.6) is 0 Å². The molecule has 1 N–H and O–H groups in total. The van der Waals surface area contributed by atoms with E-state index in [9.17, 15) is 14.4 Å². The van der Waals surface area contributed by atoms with Gasteiger partial charge >= 0.3 is 11.9 Å². The summed E-state index contributed by atoms with van der Waals surface area (Å²) in [7, 11) is 0. The Morgan fingerprint density at radius 3 is 2.74 bits per heavy atom. The first-order chi connectivity index (χ1) is 12.9. The normalized spacial score (nSPS) is 12.0. The molecular formula is C18H17N3O5S. The van der Waals surface area contributed by atoms with Gasteiger partial charge < -0.3 is 14.5 Å². The summed E-state index contributed by atoms with van der Waals surface area (Å²) in [6, 6.07) is 4.89. The van der Waals surface area contributed by atoms with Gasteiger partial charge in [0.1, 0.15) is 15.4 Å². The van der Waals surface area contributed by atoms with Gasteiger partial charge in [-0.2, -0.15) is 0 Å². The van der Waals surface area contributed by atoms with Gasteiger partial charge in [-0.3, -0.25) is 4.79 Å². The van der Waals surface area contributed by atoms with Gasteiger partial charge in [-0.25, -0.2) is 19.6 Å². The molecule has 1 atom stereocenters. The smallest absolute Gasteiger partial charge is 0.357 e. The van der Waals surface area contributed by atoms with Gasteiger partial charge in [-0.15, -0.1) is 11.3 Å². The number of rotatable bonds is 5. The van der Waals surface area contributed by atoms with Gasteiger partial charge in [0, 0.05) is 6.20 Å². The zero-order valence-corrected chi connectivity index (χ0v) is 15.8. The lowest BCUT2D eigenvalue weighted by Crippen LogP contribution is -2.17. The lowest BCUT2D eigenvalue weighted by molar-refractivity contribution is 0.0312. The number of H-pyrrole nitrogens is 1. The van der Waals surface area contributed by atoms with E-state index in [2.05, 4.69) is 15.0 Å². The van der Waals surface area contributed by atoms with Gasteiger partial charge in [-0.05, 0) is 38.5 Å². The maximum atomic E-state index is 12.5. The second kappa shape index (κ2) is 7.67. The quantitative estimate of drug-likeness (QED) is 0.670. The summed E-state index contributed by atoms with van der Waals surface area (Å²) in [6.45, 7) is 5.22. The van der Waals surface area contributed by atoms with Crippen LogP contribution < -0.4 is 5.56 Å². The summed E-state index contributed by atoms with van der Waals surface area (Å²) in [5.41, 5.74) is 0.274. The molecule has 3 heterocycles. The minimum Gasteiger partial charge on any atom is -0.462 e. The number of fused-ring (bicyclic) bond motifs is 1. The van der Waals surface area contributed by atoms with Crippen molar-refractivity contribution in [2.24, 2.45) is 0 Å². The van der Waals surface area contributed by atoms with Crippen molar-refractivity contribution < 1.29 is 19.1 Å². The highest BCUT2D eigenvalue weighted by Crippen LogP contribution is 2.28. The van der Waals surface area contributed by atoms with E-state index in [1.165, 1.54) is 12.3 Å². The Morgan fingerprint density at radius 2 is 2.07 bits per heavy atom. The Bertz CT molecular complexity index is 1060. The van der Waals surface area contributed by atoms with E-state index >= 15 is 0 Å². The lowest BCUT2D eigenvalue weighted by Gasteiger charge is -2.12. The maximum absolute atomic E-state index is 12.5. The summed E-state index contributed by atoms with van der Waals surface area (Å²) < 4.78 is 10.3. The molecule has 3 aromatic heterocycles. The van der Waals surface area contributed by atoms with Crippen molar-refractivity contribution in [3.05, 3.63) is 56.7 Å². The molecule has 3 aromatic rings. The average Bonchev–Trinajstić information content (AvgIpc) is 2.99. The van der Waals surface area contributed by atoms with E-state index in [4.69, 9.17) is 9.47 Å². The molecule has 140 valence electrons. The third-order valence-electron chi connectivity index (χ3n) is 3.82. The van der Waals surface area contributed by atoms with Gasteiger partial charge in [0.25, 0.3) is 5.56 Å². The van der Waals surface area contributed by atoms with E-state index in [1.807, 2.05) is 0 Å². The van der Waals surface area contributed by atoms with Crippen LogP contribution in [0.4, 0.5) is 0 Å². The first-order valence-corrected chi connectivity index (χ1v) is 9.06. The van der Waals surface area contributed by atoms with Crippen molar-refractivity contribution in [1.82, 2.24) is 15.0 Å². The van der Waals surface area contributed by atoms with Crippen molar-refractivity contribution in [2.75, 3.05) is 6.61 Å². The zero-order chi connectivity index (χ0) is 19.6. The van der Waals surface area contributed by atoms with Crippen LogP contribution in [0.15, 0.2) is 29.2 Å². The molecule has 0 saturated carbocycles. The van der Waals surface area contributed by atoms with Crippen LogP contribution in [0.2, 0.25) is 0 Å². The standard InChI is InChI=1S/C18H17N3O5S/c1-4-25-18(24)13-9(2)12-15(22)20-14(21-16(12)27-13)10(3)26-17(23)11-7-5-6-8-19-11/h5-8,10H,4H2,1-3H3,(H,20,21,22)/t10-/m0/s1. The van der Waals surface area contributed by atoms with Crippen LogP contribution in [-0.2, 0) is 9.47 Å². The number of carbonyl (C=O) groups excluding carboxylic acids is 2. The summed E-state index contributed by atoms with van der Waals surface area (Å²) in [5.74, 6) is -0.928. The molecule has 0 aromatic carbocycles. The summed E-state index contributed by atoms with van der Waals surface area (Å²) in [4.78, 5) is 48.3. The van der Waals surface area contributed by atoms with E-state index < -0.39 is 23.6 Å². The fourth-order valence-electron chi connectivity index (χ4n) is 2.50. The number of hydrogen-bond donors (Lipinski definition) is 1. The van der Waals surface area contributed by atoms with Crippen LogP contribution in [0.1, 0.15) is 51.5 Å². The van der Waals surface area contributed by atoms with Crippen LogP contribution >= 0.6 is 11.3 Å². The molecule has 0 fully saturated rings. The van der Waals surface area contributed by atoms with Crippen molar-refractivity contribution in [1.29, 1.82) is 0 Å². The molecule has 3 rings (SSSR count). The van der Waals surface area contributed by atoms with Crippen molar-refractivity contribution in [3.8, 4) is 0 Å². The Hall–Kier alpha value is -3.07. The molecule has 0 radical (unpaired) electrons. The van der Waals surface area contributed by atoms with Crippen LogP contribution in [0, 0.1) is 6.92 Å². The molecule has 0 bridgehead atoms. The number of esters is 2. The molecular weight excluding hydrogens is 370 g/mol. The van der Waals surface area contributed by atoms with Crippen LogP contribution in [0.25, 0.3) is 10.2 Å². The highest BCUT2D eigenvalue weighted by Gasteiger charge is 2.22. The molecule has 8 nitrogen and oxygen atoms in total. The number of ether oxygens (including phenoxy) is 2. The molecule has 0 saturated heterocycles. The van der Waals surface area contributed by atoms with Crippen molar-refractivity contribution in [2.45, 2.75) is 26.9 Å². The molecule has 0 aliphatic carbocycles. The molecule has 0 aliphatic heterocycles. The SMILES string of the molecule is CCOC(=O)c1sc2nc([C@H](C)OC(=O)c3ccccn3)[nH]c(=O)c2c1C. The predicted octanol–water partition coefficient (Wildman–Crippen LogP) is 2.78. The largest absolute Gasteiger partial charge is 0.462 e. The first kappa shape index (κ1) is 18.7. The molecule has 9 heteroatoms. The van der Waals surface area contributed by atoms with Crippen molar-refractivity contribution >= 4 is 33.5 Å². The molecule has 0 spiro atoms. The number of carbonyl (C=O) groups is 2. The average molecular weight is 387 g/mol. The predicted molar refractivity (Wildman–Crippen MR) is 99.0 cm³/mol. The van der Waals surface area contributed by atoms with E-state index in [1.54, 1.807) is 32.9 Å². The zero-order valence-electron chi connectivity index (χ0n) is 14.9. The number of aromatic amines is 1. The van der Waals surface area contributed by atoms with Gasteiger partial charge in [0.05, 0.1) is 12.0 Å². The summed E-state index contributed by atoms with van der Waals surface area (Å²) in [5, 5.41) is 0.329. The lowest BCUT2D eigenvalue weighted by atomic mass is 10.2. The highest BCUT2D eigenvalue weighted by molar-refractivity contribution is 7.20. The first-order valence-electron chi connectivity index (χ1n) is 8.24. The maximum Gasteiger partial charge on any atom is 0.357 e. The third kappa shape index (κ3) is 3.72. The Balaban J connectivity index is 1.92. The minimum absolute atomic E-state index is 0.157.